The monoisotopic (exact) mass is 427 g/mol. The van der Waals surface area contributed by atoms with E-state index < -0.39 is 17.7 Å². The second kappa shape index (κ2) is 9.24. The molecule has 1 unspecified atom stereocenters. The minimum absolute atomic E-state index is 0.0609. The van der Waals surface area contributed by atoms with Crippen LogP contribution >= 0.6 is 0 Å². The van der Waals surface area contributed by atoms with Gasteiger partial charge in [-0.05, 0) is 55.3 Å². The number of likely N-dealkylation sites (tertiary alicyclic amines) is 1. The molecule has 2 aromatic carbocycles. The van der Waals surface area contributed by atoms with Gasteiger partial charge < -0.3 is 14.2 Å². The summed E-state index contributed by atoms with van der Waals surface area (Å²) in [5.74, 6) is 0.161. The highest BCUT2D eigenvalue weighted by Gasteiger charge is 2.36. The Morgan fingerprint density at radius 1 is 1.19 bits per heavy atom. The van der Waals surface area contributed by atoms with Crippen LogP contribution in [0, 0.1) is 11.6 Å². The first-order valence-corrected chi connectivity index (χ1v) is 10.4. The van der Waals surface area contributed by atoms with E-state index in [4.69, 9.17) is 9.26 Å². The van der Waals surface area contributed by atoms with Crippen LogP contribution in [-0.2, 0) is 11.3 Å². The lowest BCUT2D eigenvalue weighted by Crippen LogP contribution is -2.27. The number of rotatable bonds is 8. The second-order valence-electron chi connectivity index (χ2n) is 7.49. The Labute approximate surface area is 178 Å². The van der Waals surface area contributed by atoms with Gasteiger partial charge in [-0.1, -0.05) is 18.5 Å². The molecule has 1 aliphatic rings. The molecule has 8 heteroatoms. The number of hydrogen-bond donors (Lipinski definition) is 0. The number of ether oxygens (including phenoxy) is 1. The molecular formula is C23H23F2N3O3. The Hall–Kier alpha value is -3.29. The number of benzene rings is 2. The maximum Gasteiger partial charge on any atom is 0.249 e. The fraction of sp³-hybridized carbons (Fsp3) is 0.348. The molecule has 6 nitrogen and oxygen atoms in total. The summed E-state index contributed by atoms with van der Waals surface area (Å²) in [5, 5.41) is 4.04. The van der Waals surface area contributed by atoms with E-state index in [0.717, 1.165) is 42.4 Å². The van der Waals surface area contributed by atoms with Gasteiger partial charge in [0, 0.05) is 24.1 Å². The number of hydrogen-bond acceptors (Lipinski definition) is 5. The van der Waals surface area contributed by atoms with Crippen molar-refractivity contribution in [1.82, 2.24) is 15.0 Å². The number of amides is 1. The van der Waals surface area contributed by atoms with E-state index in [-0.39, 0.29) is 30.3 Å². The zero-order valence-corrected chi connectivity index (χ0v) is 17.2. The molecule has 1 atom stereocenters. The highest BCUT2D eigenvalue weighted by molar-refractivity contribution is 5.78. The summed E-state index contributed by atoms with van der Waals surface area (Å²) in [5.41, 5.74) is 0.864. The van der Waals surface area contributed by atoms with Crippen molar-refractivity contribution in [3.8, 4) is 17.1 Å². The van der Waals surface area contributed by atoms with Crippen LogP contribution in [0.3, 0.4) is 0 Å². The first kappa shape index (κ1) is 21.0. The number of nitrogens with zero attached hydrogens (tertiary/aromatic N) is 3. The van der Waals surface area contributed by atoms with Gasteiger partial charge in [0.15, 0.2) is 0 Å². The van der Waals surface area contributed by atoms with E-state index >= 15 is 0 Å². The minimum Gasteiger partial charge on any atom is -0.494 e. The first-order valence-electron chi connectivity index (χ1n) is 10.4. The normalized spacial score (nSPS) is 16.2. The maximum absolute atomic E-state index is 14.1. The molecule has 1 aliphatic heterocycles. The van der Waals surface area contributed by atoms with Gasteiger partial charge in [0.2, 0.25) is 17.6 Å². The summed E-state index contributed by atoms with van der Waals surface area (Å²) in [6.45, 7) is 2.71. The number of aromatic nitrogens is 2. The Balaban J connectivity index is 1.49. The minimum atomic E-state index is -0.563. The fourth-order valence-electron chi connectivity index (χ4n) is 3.56. The zero-order chi connectivity index (χ0) is 21.8. The molecule has 1 saturated heterocycles. The van der Waals surface area contributed by atoms with E-state index in [1.807, 2.05) is 24.3 Å². The van der Waals surface area contributed by atoms with Crippen molar-refractivity contribution >= 4 is 5.91 Å². The third-order valence-electron chi connectivity index (χ3n) is 5.28. The molecule has 0 N–H and O–H groups in total. The van der Waals surface area contributed by atoms with Crippen LogP contribution in [0.25, 0.3) is 11.4 Å². The molecule has 0 bridgehead atoms. The average Bonchev–Trinajstić information content (AvgIpc) is 3.39. The topological polar surface area (TPSA) is 68.5 Å². The van der Waals surface area contributed by atoms with Crippen molar-refractivity contribution in [3.05, 3.63) is 65.6 Å². The number of carbonyl (C=O) groups is 1. The van der Waals surface area contributed by atoms with Crippen LogP contribution in [-0.4, -0.2) is 27.6 Å². The van der Waals surface area contributed by atoms with Gasteiger partial charge in [0.05, 0.1) is 6.61 Å². The largest absolute Gasteiger partial charge is 0.494 e. The fourth-order valence-corrected chi connectivity index (χ4v) is 3.56. The second-order valence-corrected chi connectivity index (χ2v) is 7.49. The van der Waals surface area contributed by atoms with Crippen molar-refractivity contribution < 1.29 is 22.8 Å². The Morgan fingerprint density at radius 2 is 2.00 bits per heavy atom. The molecule has 0 spiro atoms. The summed E-state index contributed by atoms with van der Waals surface area (Å²) >= 11 is 0. The highest BCUT2D eigenvalue weighted by atomic mass is 19.1. The van der Waals surface area contributed by atoms with E-state index in [1.54, 1.807) is 0 Å². The van der Waals surface area contributed by atoms with Gasteiger partial charge in [0.25, 0.3) is 0 Å². The van der Waals surface area contributed by atoms with Gasteiger partial charge in [0.1, 0.15) is 23.4 Å². The Kier molecular flexibility index (Phi) is 6.25. The predicted octanol–water partition coefficient (Wildman–Crippen LogP) is 5.06. The number of carbonyl (C=O) groups excluding carboxylic acids is 1. The smallest absolute Gasteiger partial charge is 0.249 e. The molecular weight excluding hydrogens is 404 g/mol. The third-order valence-corrected chi connectivity index (χ3v) is 5.28. The molecule has 162 valence electrons. The molecule has 0 aliphatic carbocycles. The Bertz CT molecular complexity index is 1050. The number of halogens is 2. The third kappa shape index (κ3) is 4.73. The average molecular weight is 427 g/mol. The molecule has 4 rings (SSSR count). The molecule has 1 fully saturated rings. The van der Waals surface area contributed by atoms with Crippen LogP contribution < -0.4 is 4.74 Å². The summed E-state index contributed by atoms with van der Waals surface area (Å²) in [7, 11) is 0. The zero-order valence-electron chi connectivity index (χ0n) is 17.2. The van der Waals surface area contributed by atoms with Crippen molar-refractivity contribution in [2.45, 2.75) is 45.2 Å². The van der Waals surface area contributed by atoms with E-state index in [2.05, 4.69) is 17.1 Å². The van der Waals surface area contributed by atoms with Crippen molar-refractivity contribution in [1.29, 1.82) is 0 Å². The van der Waals surface area contributed by atoms with Crippen LogP contribution in [0.5, 0.6) is 5.75 Å². The summed E-state index contributed by atoms with van der Waals surface area (Å²) < 4.78 is 38.7. The molecule has 3 aromatic rings. The van der Waals surface area contributed by atoms with Gasteiger partial charge in [-0.2, -0.15) is 4.98 Å². The van der Waals surface area contributed by atoms with Gasteiger partial charge in [-0.15, -0.1) is 0 Å². The molecule has 31 heavy (non-hydrogen) atoms. The molecule has 0 saturated carbocycles. The van der Waals surface area contributed by atoms with E-state index in [1.165, 1.54) is 4.90 Å². The van der Waals surface area contributed by atoms with Crippen LogP contribution in [0.15, 0.2) is 47.0 Å². The summed E-state index contributed by atoms with van der Waals surface area (Å²) in [6, 6.07) is 10.1. The molecule has 2 heterocycles. The standard InChI is InChI=1S/C23H23F2N3O3/c1-2-3-12-30-18-7-4-15(5-8-18)22-26-23(31-27-22)20-10-11-21(29)28(20)14-16-13-17(24)6-9-19(16)25/h4-9,13,20H,2-3,10-12,14H2,1H3. The van der Waals surface area contributed by atoms with Crippen LogP contribution in [0.2, 0.25) is 0 Å². The lowest BCUT2D eigenvalue weighted by molar-refractivity contribution is -0.130. The van der Waals surface area contributed by atoms with Crippen molar-refractivity contribution in [2.24, 2.45) is 0 Å². The quantitative estimate of drug-likeness (QED) is 0.470. The van der Waals surface area contributed by atoms with E-state index in [9.17, 15) is 13.6 Å². The number of unbranched alkanes of at least 4 members (excludes halogenated alkanes) is 1. The lowest BCUT2D eigenvalue weighted by atomic mass is 10.1. The van der Waals surface area contributed by atoms with Crippen LogP contribution in [0.1, 0.15) is 50.1 Å². The molecule has 1 aromatic heterocycles. The van der Waals surface area contributed by atoms with E-state index in [0.29, 0.717) is 18.9 Å². The highest BCUT2D eigenvalue weighted by Crippen LogP contribution is 2.34. The summed E-state index contributed by atoms with van der Waals surface area (Å²) in [4.78, 5) is 18.3. The van der Waals surface area contributed by atoms with Gasteiger partial charge in [-0.3, -0.25) is 4.79 Å². The van der Waals surface area contributed by atoms with Gasteiger partial charge in [-0.25, -0.2) is 8.78 Å². The molecule has 1 amide bonds. The Morgan fingerprint density at radius 3 is 2.77 bits per heavy atom. The SMILES string of the molecule is CCCCOc1ccc(-c2noc(C3CCC(=O)N3Cc3cc(F)ccc3F)n2)cc1. The van der Waals surface area contributed by atoms with Crippen molar-refractivity contribution in [3.63, 3.8) is 0 Å². The van der Waals surface area contributed by atoms with Gasteiger partial charge >= 0.3 is 0 Å². The van der Waals surface area contributed by atoms with Crippen molar-refractivity contribution in [2.75, 3.05) is 6.61 Å². The summed E-state index contributed by atoms with van der Waals surface area (Å²) in [6.07, 6.45) is 2.81. The predicted molar refractivity (Wildman–Crippen MR) is 109 cm³/mol. The lowest BCUT2D eigenvalue weighted by Gasteiger charge is -2.22. The molecule has 0 radical (unpaired) electrons. The van der Waals surface area contributed by atoms with Crippen LogP contribution in [0.4, 0.5) is 8.78 Å². The maximum atomic E-state index is 14.1. The first-order chi connectivity index (χ1) is 15.0.